The van der Waals surface area contributed by atoms with Gasteiger partial charge in [-0.2, -0.15) is 21.8 Å². The molecule has 0 aromatic rings. The molecule has 0 aromatic carbocycles. The minimum Gasteiger partial charge on any atom is -0.201 e. The van der Waals surface area contributed by atoms with Gasteiger partial charge in [0, 0.05) is 0 Å². The average Bonchev–Trinajstić information content (AvgIpc) is 1.58. The van der Waals surface area contributed by atoms with Crippen molar-refractivity contribution in [2.75, 3.05) is 0 Å². The summed E-state index contributed by atoms with van der Waals surface area (Å²) >= 11 is -3.08. The van der Waals surface area contributed by atoms with Crippen LogP contribution in [-0.4, -0.2) is 17.4 Å². The first-order chi connectivity index (χ1) is 4.52. The van der Waals surface area contributed by atoms with Gasteiger partial charge in [0.2, 0.25) is 0 Å². The summed E-state index contributed by atoms with van der Waals surface area (Å²) in [6, 6.07) is 0. The van der Waals surface area contributed by atoms with Gasteiger partial charge in [-0.05, 0) is 0 Å². The molecular weight excluding hydrogens is 180 g/mol. The molecule has 0 aliphatic rings. The first-order valence-corrected chi connectivity index (χ1v) is 2.84. The van der Waals surface area contributed by atoms with Crippen LogP contribution in [0.25, 0.3) is 0 Å². The van der Waals surface area contributed by atoms with Gasteiger partial charge in [0.1, 0.15) is 0 Å². The topological polar surface area (TPSA) is 35.5 Å². The van der Waals surface area contributed by atoms with E-state index in [1.165, 1.54) is 0 Å². The molecule has 0 aliphatic heterocycles. The number of hydrogen-bond acceptors (Lipinski definition) is 3. The van der Waals surface area contributed by atoms with Gasteiger partial charge in [-0.1, -0.05) is 0 Å². The molecule has 0 saturated heterocycles. The van der Waals surface area contributed by atoms with Crippen LogP contribution in [0.5, 0.6) is 0 Å². The smallest absolute Gasteiger partial charge is 0.201 e. The molecule has 0 aliphatic carbocycles. The molecule has 0 atom stereocenters. The lowest BCUT2D eigenvalue weighted by molar-refractivity contribution is -0.0822. The normalized spacial score (nSPS) is 11.9. The van der Waals surface area contributed by atoms with Gasteiger partial charge in [0.25, 0.3) is 0 Å². The third-order valence-corrected chi connectivity index (χ3v) is 0.908. The molecule has 8 heteroatoms. The predicted molar refractivity (Wildman–Crippen MR) is 22.3 cm³/mol. The second-order valence-electron chi connectivity index (χ2n) is 0.918. The maximum Gasteiger partial charge on any atom is 0.358 e. The van der Waals surface area contributed by atoms with E-state index in [9.17, 15) is 21.8 Å². The van der Waals surface area contributed by atoms with Gasteiger partial charge in [-0.15, -0.1) is 0 Å². The van der Waals surface area contributed by atoms with Crippen LogP contribution in [0.1, 0.15) is 0 Å². The average molecular weight is 182 g/mol. The Kier molecular flexibility index (Phi) is 4.49. The van der Waals surface area contributed by atoms with E-state index in [4.69, 9.17) is 0 Å². The van der Waals surface area contributed by atoms with Crippen LogP contribution in [-0.2, 0) is 19.7 Å². The molecule has 62 valence electrons. The van der Waals surface area contributed by atoms with Crippen molar-refractivity contribution in [1.29, 1.82) is 0 Å². The number of rotatable bonds is 4. The Morgan fingerprint density at radius 3 is 1.50 bits per heavy atom. The maximum absolute atomic E-state index is 11.0. The standard InChI is InChI=1S/C2H2F4O3S/c3-1(4)8-10(7)9-2(5)6/h1-2H. The fourth-order valence-electron chi connectivity index (χ4n) is 0.141. The van der Waals surface area contributed by atoms with E-state index < -0.39 is 24.6 Å². The van der Waals surface area contributed by atoms with Crippen molar-refractivity contribution < 1.29 is 30.1 Å². The summed E-state index contributed by atoms with van der Waals surface area (Å²) in [5, 5.41) is 0. The molecule has 0 amide bonds. The Labute approximate surface area is 55.8 Å². The summed E-state index contributed by atoms with van der Waals surface area (Å²) < 4.78 is 59.7. The quantitative estimate of drug-likeness (QED) is 0.609. The van der Waals surface area contributed by atoms with E-state index in [0.29, 0.717) is 0 Å². The van der Waals surface area contributed by atoms with Crippen LogP contribution in [0.3, 0.4) is 0 Å². The zero-order valence-corrected chi connectivity index (χ0v) is 5.12. The van der Waals surface area contributed by atoms with Crippen LogP contribution in [0, 0.1) is 0 Å². The van der Waals surface area contributed by atoms with Gasteiger partial charge in [0.05, 0.1) is 0 Å². The number of halogens is 4. The van der Waals surface area contributed by atoms with Gasteiger partial charge >= 0.3 is 24.6 Å². The molecule has 0 rings (SSSR count). The Hall–Kier alpha value is -0.210. The first kappa shape index (κ1) is 9.79. The van der Waals surface area contributed by atoms with E-state index >= 15 is 0 Å². The van der Waals surface area contributed by atoms with Gasteiger partial charge < -0.3 is 0 Å². The summed E-state index contributed by atoms with van der Waals surface area (Å²) in [7, 11) is 0. The maximum atomic E-state index is 11.0. The van der Waals surface area contributed by atoms with Crippen molar-refractivity contribution in [2.24, 2.45) is 0 Å². The van der Waals surface area contributed by atoms with Crippen molar-refractivity contribution in [1.82, 2.24) is 0 Å². The molecule has 0 aromatic heterocycles. The molecule has 10 heavy (non-hydrogen) atoms. The van der Waals surface area contributed by atoms with E-state index in [0.717, 1.165) is 0 Å². The van der Waals surface area contributed by atoms with E-state index in [1.807, 2.05) is 0 Å². The molecule has 0 spiro atoms. The molecule has 0 N–H and O–H groups in total. The highest BCUT2D eigenvalue weighted by Crippen LogP contribution is 2.04. The zero-order valence-electron chi connectivity index (χ0n) is 4.30. The molecule has 3 nitrogen and oxygen atoms in total. The Morgan fingerprint density at radius 1 is 1.00 bits per heavy atom. The Bertz CT molecular complexity index is 105. The zero-order chi connectivity index (χ0) is 8.15. The summed E-state index contributed by atoms with van der Waals surface area (Å²) in [6.07, 6.45) is 0. The van der Waals surface area contributed by atoms with Crippen molar-refractivity contribution >= 4 is 11.4 Å². The monoisotopic (exact) mass is 182 g/mol. The lowest BCUT2D eigenvalue weighted by Gasteiger charge is -1.99. The van der Waals surface area contributed by atoms with Crippen LogP contribution in [0.2, 0.25) is 0 Å². The third-order valence-electron chi connectivity index (χ3n) is 0.303. The lowest BCUT2D eigenvalue weighted by Crippen LogP contribution is -2.09. The van der Waals surface area contributed by atoms with E-state index in [-0.39, 0.29) is 0 Å². The third kappa shape index (κ3) is 5.92. The summed E-state index contributed by atoms with van der Waals surface area (Å²) in [5.41, 5.74) is 0. The Balaban J connectivity index is 3.44. The molecule has 0 bridgehead atoms. The fraction of sp³-hybridized carbons (Fsp3) is 1.00. The first-order valence-electron chi connectivity index (χ1n) is 1.84. The van der Waals surface area contributed by atoms with Gasteiger partial charge in [-0.3, -0.25) is 0 Å². The van der Waals surface area contributed by atoms with Crippen molar-refractivity contribution in [3.05, 3.63) is 0 Å². The molecular formula is C2H2F4O3S. The minimum absolute atomic E-state index is 3.00. The van der Waals surface area contributed by atoms with Crippen LogP contribution in [0.15, 0.2) is 0 Å². The fourth-order valence-corrected chi connectivity index (χ4v) is 0.424. The van der Waals surface area contributed by atoms with E-state index in [2.05, 4.69) is 8.37 Å². The van der Waals surface area contributed by atoms with Crippen molar-refractivity contribution in [3.8, 4) is 0 Å². The second-order valence-corrected chi connectivity index (χ2v) is 1.71. The van der Waals surface area contributed by atoms with Crippen molar-refractivity contribution in [2.45, 2.75) is 13.2 Å². The summed E-state index contributed by atoms with van der Waals surface area (Å²) in [4.78, 5) is 0. The molecule has 0 fully saturated rings. The summed E-state index contributed by atoms with van der Waals surface area (Å²) in [5.74, 6) is 0. The highest BCUT2D eigenvalue weighted by molar-refractivity contribution is 7.75. The van der Waals surface area contributed by atoms with Crippen LogP contribution >= 0.6 is 0 Å². The largest absolute Gasteiger partial charge is 0.358 e. The van der Waals surface area contributed by atoms with Crippen LogP contribution in [0.4, 0.5) is 17.6 Å². The lowest BCUT2D eigenvalue weighted by atomic mass is 11.5. The minimum atomic E-state index is -3.39. The molecule has 0 heterocycles. The molecule has 0 unspecified atom stereocenters. The van der Waals surface area contributed by atoms with E-state index in [1.54, 1.807) is 0 Å². The SMILES string of the molecule is O=S(OC(F)F)OC(F)F. The predicted octanol–water partition coefficient (Wildman–Crippen LogP) is 1.04. The number of alkyl halides is 4. The second kappa shape index (κ2) is 4.58. The molecule has 0 saturated carbocycles. The summed E-state index contributed by atoms with van der Waals surface area (Å²) in [6.45, 7) is -6.78. The highest BCUT2D eigenvalue weighted by Gasteiger charge is 2.14. The van der Waals surface area contributed by atoms with Gasteiger partial charge in [0.15, 0.2) is 0 Å². The highest BCUT2D eigenvalue weighted by atomic mass is 32.2. The Morgan fingerprint density at radius 2 is 1.30 bits per heavy atom. The number of hydrogen-bond donors (Lipinski definition) is 0. The van der Waals surface area contributed by atoms with Crippen molar-refractivity contribution in [3.63, 3.8) is 0 Å². The molecule has 0 radical (unpaired) electrons. The van der Waals surface area contributed by atoms with Gasteiger partial charge in [-0.25, -0.2) is 8.37 Å². The van der Waals surface area contributed by atoms with Crippen LogP contribution < -0.4 is 0 Å².